The molecule has 19 heavy (non-hydrogen) atoms. The molecule has 1 heterocycles. The number of nitrogens with one attached hydrogen (secondary N) is 1. The predicted octanol–water partition coefficient (Wildman–Crippen LogP) is 4.11. The van der Waals surface area contributed by atoms with Gasteiger partial charge in [0, 0.05) is 12.1 Å². The maximum atomic E-state index is 11.9. The molecule has 2 rings (SSSR count). The summed E-state index contributed by atoms with van der Waals surface area (Å²) in [5.41, 5.74) is 0.382. The Morgan fingerprint density at radius 2 is 1.95 bits per heavy atom. The van der Waals surface area contributed by atoms with Gasteiger partial charge in [-0.15, -0.1) is 0 Å². The van der Waals surface area contributed by atoms with Gasteiger partial charge >= 0.3 is 0 Å². The van der Waals surface area contributed by atoms with Crippen LogP contribution in [0.3, 0.4) is 0 Å². The highest BCUT2D eigenvalue weighted by Crippen LogP contribution is 2.34. The second-order valence-corrected chi connectivity index (χ2v) is 4.68. The third-order valence-electron chi connectivity index (χ3n) is 2.51. The largest absolute Gasteiger partial charge is 0.505 e. The van der Waals surface area contributed by atoms with Crippen molar-refractivity contribution >= 4 is 34.8 Å². The first-order chi connectivity index (χ1) is 9.01. The third-order valence-corrected chi connectivity index (χ3v) is 3.08. The molecular formula is C13H11Cl2NO3. The zero-order valence-corrected chi connectivity index (χ0v) is 11.5. The van der Waals surface area contributed by atoms with E-state index in [2.05, 4.69) is 5.32 Å². The van der Waals surface area contributed by atoms with Crippen LogP contribution in [0.1, 0.15) is 23.2 Å². The number of carbonyl (C=O) groups is 1. The van der Waals surface area contributed by atoms with Gasteiger partial charge in [0.25, 0.3) is 5.91 Å². The van der Waals surface area contributed by atoms with E-state index in [1.165, 1.54) is 12.1 Å². The fraction of sp³-hybridized carbons (Fsp3) is 0.154. The molecule has 1 aromatic heterocycles. The molecule has 0 spiro atoms. The van der Waals surface area contributed by atoms with Crippen LogP contribution in [0.4, 0.5) is 5.69 Å². The minimum atomic E-state index is -0.405. The van der Waals surface area contributed by atoms with Crippen LogP contribution in [0.2, 0.25) is 10.0 Å². The van der Waals surface area contributed by atoms with Crippen molar-refractivity contribution in [2.45, 2.75) is 13.3 Å². The average molecular weight is 300 g/mol. The highest BCUT2D eigenvalue weighted by molar-refractivity contribution is 6.37. The number of hydrogen-bond donors (Lipinski definition) is 2. The molecule has 6 heteroatoms. The lowest BCUT2D eigenvalue weighted by Crippen LogP contribution is -2.10. The highest BCUT2D eigenvalue weighted by atomic mass is 35.5. The molecule has 0 aliphatic heterocycles. The van der Waals surface area contributed by atoms with Crippen molar-refractivity contribution in [1.82, 2.24) is 0 Å². The van der Waals surface area contributed by atoms with Gasteiger partial charge in [0.1, 0.15) is 5.76 Å². The summed E-state index contributed by atoms with van der Waals surface area (Å²) < 4.78 is 5.32. The predicted molar refractivity (Wildman–Crippen MR) is 74.2 cm³/mol. The van der Waals surface area contributed by atoms with E-state index < -0.39 is 5.91 Å². The van der Waals surface area contributed by atoms with Crippen LogP contribution in [0.25, 0.3) is 0 Å². The summed E-state index contributed by atoms with van der Waals surface area (Å²) in [6, 6.07) is 6.15. The number of carbonyl (C=O) groups excluding carboxylic acids is 1. The SMILES string of the molecule is CCc1ccc(C(=O)Nc2cc(Cl)c(O)c(Cl)c2)o1. The topological polar surface area (TPSA) is 62.5 Å². The van der Waals surface area contributed by atoms with Crippen LogP contribution in [-0.4, -0.2) is 11.0 Å². The molecule has 100 valence electrons. The zero-order valence-electron chi connectivity index (χ0n) is 10.0. The molecule has 0 saturated heterocycles. The van der Waals surface area contributed by atoms with Gasteiger partial charge in [-0.05, 0) is 24.3 Å². The molecular weight excluding hydrogens is 289 g/mol. The Kier molecular flexibility index (Phi) is 4.02. The molecule has 2 aromatic rings. The minimum Gasteiger partial charge on any atom is -0.505 e. The number of amides is 1. The average Bonchev–Trinajstić information content (AvgIpc) is 2.84. The Morgan fingerprint density at radius 1 is 1.32 bits per heavy atom. The Bertz CT molecular complexity index is 599. The number of furan rings is 1. The fourth-order valence-corrected chi connectivity index (χ4v) is 2.01. The molecule has 0 radical (unpaired) electrons. The number of aryl methyl sites for hydroxylation is 1. The van der Waals surface area contributed by atoms with E-state index in [1.54, 1.807) is 12.1 Å². The highest BCUT2D eigenvalue weighted by Gasteiger charge is 2.13. The van der Waals surface area contributed by atoms with Gasteiger partial charge < -0.3 is 14.8 Å². The van der Waals surface area contributed by atoms with Crippen molar-refractivity contribution in [2.24, 2.45) is 0 Å². The lowest BCUT2D eigenvalue weighted by molar-refractivity contribution is 0.0995. The van der Waals surface area contributed by atoms with Crippen molar-refractivity contribution in [2.75, 3.05) is 5.32 Å². The first-order valence-corrected chi connectivity index (χ1v) is 6.35. The zero-order chi connectivity index (χ0) is 14.0. The molecule has 0 aliphatic rings. The van der Waals surface area contributed by atoms with E-state index in [-0.39, 0.29) is 21.6 Å². The molecule has 0 aliphatic carbocycles. The Morgan fingerprint density at radius 3 is 2.47 bits per heavy atom. The molecule has 1 amide bonds. The molecule has 0 bridgehead atoms. The minimum absolute atomic E-state index is 0.0662. The number of aromatic hydroxyl groups is 1. The number of benzene rings is 1. The number of rotatable bonds is 3. The molecule has 0 unspecified atom stereocenters. The summed E-state index contributed by atoms with van der Waals surface area (Å²) >= 11 is 11.5. The molecule has 0 saturated carbocycles. The second kappa shape index (κ2) is 5.55. The fourth-order valence-electron chi connectivity index (χ4n) is 1.52. The first kappa shape index (κ1) is 13.8. The standard InChI is InChI=1S/C13H11Cl2NO3/c1-2-8-3-4-11(19-8)13(18)16-7-5-9(14)12(17)10(15)6-7/h3-6,17H,2H2,1H3,(H,16,18). The van der Waals surface area contributed by atoms with E-state index in [9.17, 15) is 9.90 Å². The monoisotopic (exact) mass is 299 g/mol. The molecule has 4 nitrogen and oxygen atoms in total. The summed E-state index contributed by atoms with van der Waals surface area (Å²) in [6.07, 6.45) is 0.712. The van der Waals surface area contributed by atoms with Crippen LogP contribution in [0.15, 0.2) is 28.7 Å². The summed E-state index contributed by atoms with van der Waals surface area (Å²) in [5, 5.41) is 12.1. The van der Waals surface area contributed by atoms with E-state index in [4.69, 9.17) is 27.6 Å². The van der Waals surface area contributed by atoms with Crippen molar-refractivity contribution in [3.8, 4) is 5.75 Å². The molecule has 1 aromatic carbocycles. The van der Waals surface area contributed by atoms with Gasteiger partial charge in [0.05, 0.1) is 10.0 Å². The van der Waals surface area contributed by atoms with Crippen molar-refractivity contribution < 1.29 is 14.3 Å². The Balaban J connectivity index is 2.19. The lowest BCUT2D eigenvalue weighted by Gasteiger charge is -2.06. The summed E-state index contributed by atoms with van der Waals surface area (Å²) in [7, 11) is 0. The van der Waals surface area contributed by atoms with Gasteiger partial charge in [0.2, 0.25) is 0 Å². The number of anilines is 1. The van der Waals surface area contributed by atoms with E-state index in [1.807, 2.05) is 6.92 Å². The summed E-state index contributed by atoms with van der Waals surface area (Å²) in [4.78, 5) is 11.9. The molecule has 2 N–H and O–H groups in total. The van der Waals surface area contributed by atoms with Crippen molar-refractivity contribution in [3.05, 3.63) is 45.8 Å². The smallest absolute Gasteiger partial charge is 0.291 e. The van der Waals surface area contributed by atoms with Crippen LogP contribution < -0.4 is 5.32 Å². The quantitative estimate of drug-likeness (QED) is 0.839. The van der Waals surface area contributed by atoms with Crippen LogP contribution in [0.5, 0.6) is 5.75 Å². The molecule has 0 atom stereocenters. The Labute approximate surface area is 119 Å². The van der Waals surface area contributed by atoms with Gasteiger partial charge in [0.15, 0.2) is 11.5 Å². The van der Waals surface area contributed by atoms with E-state index >= 15 is 0 Å². The number of hydrogen-bond acceptors (Lipinski definition) is 3. The van der Waals surface area contributed by atoms with Gasteiger partial charge in [-0.3, -0.25) is 4.79 Å². The van der Waals surface area contributed by atoms with Gasteiger partial charge in [-0.25, -0.2) is 0 Å². The van der Waals surface area contributed by atoms with Crippen molar-refractivity contribution in [1.29, 1.82) is 0 Å². The van der Waals surface area contributed by atoms with E-state index in [0.717, 1.165) is 5.76 Å². The van der Waals surface area contributed by atoms with Gasteiger partial charge in [-0.2, -0.15) is 0 Å². The second-order valence-electron chi connectivity index (χ2n) is 3.86. The number of phenolic OH excluding ortho intramolecular Hbond substituents is 1. The van der Waals surface area contributed by atoms with Crippen molar-refractivity contribution in [3.63, 3.8) is 0 Å². The lowest BCUT2D eigenvalue weighted by atomic mass is 10.3. The first-order valence-electron chi connectivity index (χ1n) is 5.59. The summed E-state index contributed by atoms with van der Waals surface area (Å²) in [6.45, 7) is 1.93. The molecule has 0 fully saturated rings. The Hall–Kier alpha value is -1.65. The van der Waals surface area contributed by atoms with E-state index in [0.29, 0.717) is 12.1 Å². The van der Waals surface area contributed by atoms with Crippen LogP contribution in [0, 0.1) is 0 Å². The van der Waals surface area contributed by atoms with Crippen LogP contribution in [-0.2, 0) is 6.42 Å². The third kappa shape index (κ3) is 3.03. The number of halogens is 2. The maximum Gasteiger partial charge on any atom is 0.291 e. The number of phenols is 1. The normalized spacial score (nSPS) is 10.5. The van der Waals surface area contributed by atoms with Gasteiger partial charge in [-0.1, -0.05) is 30.1 Å². The van der Waals surface area contributed by atoms with Crippen LogP contribution >= 0.6 is 23.2 Å². The maximum absolute atomic E-state index is 11.9. The summed E-state index contributed by atoms with van der Waals surface area (Å²) in [5.74, 6) is 0.314.